The lowest BCUT2D eigenvalue weighted by Crippen LogP contribution is -2.55. The third kappa shape index (κ3) is 4.15. The molecule has 0 bridgehead atoms. The fraction of sp³-hybridized carbons (Fsp3) is 0.625. The summed E-state index contributed by atoms with van der Waals surface area (Å²) < 4.78 is 11.4. The van der Waals surface area contributed by atoms with Gasteiger partial charge in [-0.3, -0.25) is 9.69 Å². The summed E-state index contributed by atoms with van der Waals surface area (Å²) in [5.41, 5.74) is 0.510. The molecule has 0 unspecified atom stereocenters. The maximum atomic E-state index is 12.6. The third-order valence-electron chi connectivity index (χ3n) is 5.25. The Morgan fingerprint density at radius 1 is 1.21 bits per heavy atom. The molecule has 4 rings (SSSR count). The van der Waals surface area contributed by atoms with E-state index in [4.69, 9.17) is 21.1 Å². The van der Waals surface area contributed by atoms with Gasteiger partial charge >= 0.3 is 0 Å². The lowest BCUT2D eigenvalue weighted by molar-refractivity contribution is -0.769. The Morgan fingerprint density at radius 3 is 2.57 bits per heavy atom. The van der Waals surface area contributed by atoms with Gasteiger partial charge in [0.1, 0.15) is 17.4 Å². The Labute approximate surface area is 172 Å². The van der Waals surface area contributed by atoms with Gasteiger partial charge in [-0.25, -0.2) is 4.98 Å². The second-order valence-electron chi connectivity index (χ2n) is 6.73. The van der Waals surface area contributed by atoms with Crippen LogP contribution in [0.4, 0.5) is 0 Å². The van der Waals surface area contributed by atoms with Crippen LogP contribution in [0.1, 0.15) is 10.4 Å². The van der Waals surface area contributed by atoms with E-state index in [1.165, 1.54) is 6.20 Å². The number of fused-ring (bicyclic) bond motifs is 1. The molecule has 3 saturated heterocycles. The monoisotopic (exact) mass is 434 g/mol. The number of amides is 1. The number of pyridine rings is 1. The van der Waals surface area contributed by atoms with Gasteiger partial charge in [-0.05, 0) is 12.1 Å². The van der Waals surface area contributed by atoms with Gasteiger partial charge in [0.05, 0.1) is 24.8 Å². The normalized spacial score (nSPS) is 29.8. The molecule has 154 valence electrons. The van der Waals surface area contributed by atoms with Crippen LogP contribution in [0.2, 0.25) is 5.15 Å². The van der Waals surface area contributed by atoms with Gasteiger partial charge in [0.15, 0.2) is 6.10 Å². The predicted octanol–water partition coefficient (Wildman–Crippen LogP) is 0.658. The van der Waals surface area contributed by atoms with Crippen LogP contribution in [0.3, 0.4) is 0 Å². The van der Waals surface area contributed by atoms with Gasteiger partial charge in [-0.1, -0.05) is 11.6 Å². The predicted molar refractivity (Wildman–Crippen MR) is 99.1 cm³/mol. The molecule has 0 spiro atoms. The standard InChI is InChI=1S/C16H19ClN4O6.ClH/c17-13-2-1-10(7-18-13)16(22)20-5-3-19(4-6-20)11-8-25-15-12(27-21(23)24)9-26-14(11)15;/h1-2,7,11-12,14-15H,3-6,8-9H2;1H/t11-,12-,14+,15+;/m0./s1. The highest BCUT2D eigenvalue weighted by molar-refractivity contribution is 6.29. The van der Waals surface area contributed by atoms with Crippen molar-refractivity contribution in [1.82, 2.24) is 14.8 Å². The third-order valence-corrected chi connectivity index (χ3v) is 5.47. The minimum atomic E-state index is -0.802. The number of piperazine rings is 1. The largest absolute Gasteiger partial charge is 0.371 e. The molecule has 28 heavy (non-hydrogen) atoms. The summed E-state index contributed by atoms with van der Waals surface area (Å²) in [5, 5.41) is 10.1. The fourth-order valence-corrected chi connectivity index (χ4v) is 4.01. The Morgan fingerprint density at radius 2 is 1.93 bits per heavy atom. The quantitative estimate of drug-likeness (QED) is 0.386. The first-order chi connectivity index (χ1) is 13.0. The van der Waals surface area contributed by atoms with E-state index >= 15 is 0 Å². The second kappa shape index (κ2) is 8.75. The molecule has 1 aromatic rings. The molecule has 3 aliphatic heterocycles. The van der Waals surface area contributed by atoms with Gasteiger partial charge < -0.3 is 19.2 Å². The summed E-state index contributed by atoms with van der Waals surface area (Å²) in [5.74, 6) is -0.0732. The van der Waals surface area contributed by atoms with Crippen molar-refractivity contribution in [3.8, 4) is 0 Å². The maximum absolute atomic E-state index is 12.6. The zero-order valence-electron chi connectivity index (χ0n) is 14.8. The van der Waals surface area contributed by atoms with Gasteiger partial charge in [-0.2, -0.15) is 0 Å². The van der Waals surface area contributed by atoms with Crippen molar-refractivity contribution in [2.75, 3.05) is 39.4 Å². The Hall–Kier alpha value is -1.72. The van der Waals surface area contributed by atoms with Crippen molar-refractivity contribution in [3.63, 3.8) is 0 Å². The minimum Gasteiger partial charge on any atom is -0.371 e. The number of carbonyl (C=O) groups is 1. The molecule has 3 aliphatic rings. The van der Waals surface area contributed by atoms with Gasteiger partial charge in [-0.15, -0.1) is 22.5 Å². The van der Waals surface area contributed by atoms with Gasteiger partial charge in [0.25, 0.3) is 11.0 Å². The number of rotatable bonds is 4. The molecular formula is C16H20Cl2N4O6. The van der Waals surface area contributed by atoms with E-state index in [9.17, 15) is 14.9 Å². The summed E-state index contributed by atoms with van der Waals surface area (Å²) in [6.45, 7) is 3.08. The first-order valence-electron chi connectivity index (χ1n) is 8.72. The zero-order chi connectivity index (χ0) is 19.0. The van der Waals surface area contributed by atoms with Crippen LogP contribution in [-0.2, 0) is 14.3 Å². The minimum absolute atomic E-state index is 0. The molecule has 10 nitrogen and oxygen atoms in total. The first-order valence-corrected chi connectivity index (χ1v) is 9.10. The lowest BCUT2D eigenvalue weighted by atomic mass is 10.1. The lowest BCUT2D eigenvalue weighted by Gasteiger charge is -2.38. The molecule has 1 amide bonds. The highest BCUT2D eigenvalue weighted by atomic mass is 35.5. The van der Waals surface area contributed by atoms with Crippen LogP contribution in [0, 0.1) is 10.1 Å². The number of hydrogen-bond acceptors (Lipinski definition) is 8. The molecule has 12 heteroatoms. The number of halogens is 2. The smallest absolute Gasteiger partial charge is 0.294 e. The topological polar surface area (TPSA) is 107 Å². The van der Waals surface area contributed by atoms with E-state index in [1.807, 2.05) is 0 Å². The average Bonchev–Trinajstić information content (AvgIpc) is 3.25. The molecule has 3 fully saturated rings. The number of nitrogens with zero attached hydrogens (tertiary/aromatic N) is 4. The summed E-state index contributed by atoms with van der Waals surface area (Å²) in [7, 11) is 0. The summed E-state index contributed by atoms with van der Waals surface area (Å²) in [6.07, 6.45) is 0.113. The molecule has 0 aromatic carbocycles. The van der Waals surface area contributed by atoms with E-state index in [2.05, 4.69) is 14.7 Å². The van der Waals surface area contributed by atoms with Crippen LogP contribution in [-0.4, -0.2) is 89.5 Å². The summed E-state index contributed by atoms with van der Waals surface area (Å²) in [4.78, 5) is 35.7. The van der Waals surface area contributed by atoms with Crippen molar-refractivity contribution < 1.29 is 24.2 Å². The Kier molecular flexibility index (Phi) is 6.56. The molecule has 0 aliphatic carbocycles. The fourth-order valence-electron chi connectivity index (χ4n) is 3.90. The first kappa shape index (κ1) is 21.0. The molecule has 0 saturated carbocycles. The number of ether oxygens (including phenoxy) is 2. The number of hydrogen-bond donors (Lipinski definition) is 0. The van der Waals surface area contributed by atoms with Crippen LogP contribution in [0.5, 0.6) is 0 Å². The van der Waals surface area contributed by atoms with E-state index in [0.29, 0.717) is 43.5 Å². The SMILES string of the molecule is Cl.O=C(c1ccc(Cl)nc1)N1CCN([C@H]2CO[C@H]3[C@@H]2OC[C@@H]3O[N+](=O)[O-])CC1. The van der Waals surface area contributed by atoms with E-state index in [1.54, 1.807) is 17.0 Å². The molecule has 1 aromatic heterocycles. The van der Waals surface area contributed by atoms with Crippen molar-refractivity contribution in [2.45, 2.75) is 24.4 Å². The van der Waals surface area contributed by atoms with Crippen molar-refractivity contribution in [2.24, 2.45) is 0 Å². The van der Waals surface area contributed by atoms with E-state index < -0.39 is 17.3 Å². The number of carbonyl (C=O) groups excluding carboxylic acids is 1. The van der Waals surface area contributed by atoms with Crippen molar-refractivity contribution in [1.29, 1.82) is 0 Å². The van der Waals surface area contributed by atoms with Crippen LogP contribution in [0.25, 0.3) is 0 Å². The highest BCUT2D eigenvalue weighted by Gasteiger charge is 2.51. The molecule has 0 N–H and O–H groups in total. The summed E-state index contributed by atoms with van der Waals surface area (Å²) >= 11 is 5.76. The van der Waals surface area contributed by atoms with Gasteiger partial charge in [0.2, 0.25) is 0 Å². The van der Waals surface area contributed by atoms with Crippen LogP contribution >= 0.6 is 24.0 Å². The highest BCUT2D eigenvalue weighted by Crippen LogP contribution is 2.32. The van der Waals surface area contributed by atoms with Crippen molar-refractivity contribution in [3.05, 3.63) is 39.2 Å². The second-order valence-corrected chi connectivity index (χ2v) is 7.12. The van der Waals surface area contributed by atoms with Gasteiger partial charge in [0, 0.05) is 32.4 Å². The van der Waals surface area contributed by atoms with E-state index in [-0.39, 0.29) is 37.1 Å². The maximum Gasteiger partial charge on any atom is 0.294 e. The Bertz CT molecular complexity index is 716. The number of aromatic nitrogens is 1. The Balaban J connectivity index is 0.00000225. The molecular weight excluding hydrogens is 415 g/mol. The van der Waals surface area contributed by atoms with E-state index in [0.717, 1.165) is 0 Å². The van der Waals surface area contributed by atoms with Crippen LogP contribution in [0.15, 0.2) is 18.3 Å². The van der Waals surface area contributed by atoms with Crippen molar-refractivity contribution >= 4 is 29.9 Å². The molecule has 0 radical (unpaired) electrons. The summed E-state index contributed by atoms with van der Waals surface area (Å²) in [6, 6.07) is 3.27. The average molecular weight is 435 g/mol. The molecule has 4 atom stereocenters. The molecule has 4 heterocycles. The zero-order valence-corrected chi connectivity index (χ0v) is 16.4. The van der Waals surface area contributed by atoms with Crippen LogP contribution < -0.4 is 0 Å².